The number of halogens is 1. The second-order valence-electron chi connectivity index (χ2n) is 6.04. The highest BCUT2D eigenvalue weighted by atomic mass is 35.5. The summed E-state index contributed by atoms with van der Waals surface area (Å²) in [6.07, 6.45) is 3.05. The molecule has 122 valence electrons. The van der Waals surface area contributed by atoms with Crippen LogP contribution in [0.5, 0.6) is 0 Å². The van der Waals surface area contributed by atoms with Crippen LogP contribution in [-0.2, 0) is 11.2 Å². The summed E-state index contributed by atoms with van der Waals surface area (Å²) in [5.74, 6) is 0.256. The molecule has 0 unspecified atom stereocenters. The fourth-order valence-electron chi connectivity index (χ4n) is 2.85. The third-order valence-electron chi connectivity index (χ3n) is 3.95. The van der Waals surface area contributed by atoms with Crippen LogP contribution in [0.1, 0.15) is 18.9 Å². The number of fused-ring (bicyclic) bond motifs is 1. The average Bonchev–Trinajstić information content (AvgIpc) is 2.58. The van der Waals surface area contributed by atoms with Crippen LogP contribution in [0, 0.1) is 5.92 Å². The third-order valence-corrected chi connectivity index (χ3v) is 4.28. The van der Waals surface area contributed by atoms with E-state index in [-0.39, 0.29) is 11.8 Å². The number of amides is 1. The van der Waals surface area contributed by atoms with Gasteiger partial charge in [0.1, 0.15) is 0 Å². The van der Waals surface area contributed by atoms with Gasteiger partial charge in [-0.1, -0.05) is 48.9 Å². The van der Waals surface area contributed by atoms with Gasteiger partial charge in [-0.2, -0.15) is 0 Å². The number of benzene rings is 2. The van der Waals surface area contributed by atoms with Crippen LogP contribution in [0.4, 0.5) is 5.69 Å². The molecule has 1 aromatic heterocycles. The molecule has 24 heavy (non-hydrogen) atoms. The highest BCUT2D eigenvalue weighted by Crippen LogP contribution is 2.28. The Labute approximate surface area is 146 Å². The molecule has 0 aliphatic carbocycles. The van der Waals surface area contributed by atoms with Gasteiger partial charge in [-0.3, -0.25) is 9.78 Å². The lowest BCUT2D eigenvalue weighted by Crippen LogP contribution is -2.16. The molecule has 2 aromatic carbocycles. The van der Waals surface area contributed by atoms with Gasteiger partial charge in [-0.05, 0) is 42.2 Å². The van der Waals surface area contributed by atoms with Crippen molar-refractivity contribution in [1.82, 2.24) is 4.98 Å². The number of nitrogens with zero attached hydrogens (tertiary/aromatic N) is 1. The lowest BCUT2D eigenvalue weighted by Gasteiger charge is -2.13. The van der Waals surface area contributed by atoms with E-state index in [1.165, 1.54) is 5.56 Å². The first kappa shape index (κ1) is 16.5. The van der Waals surface area contributed by atoms with E-state index in [9.17, 15) is 4.79 Å². The SMILES string of the molecule is C[C@@H](CC(=O)Nc1ccc(Cl)c2cccnc12)Cc1ccccc1. The van der Waals surface area contributed by atoms with E-state index in [0.717, 1.165) is 11.8 Å². The van der Waals surface area contributed by atoms with E-state index < -0.39 is 0 Å². The minimum absolute atomic E-state index is 0.00675. The molecule has 0 radical (unpaired) electrons. The number of nitrogens with one attached hydrogen (secondary N) is 1. The molecule has 1 atom stereocenters. The summed E-state index contributed by atoms with van der Waals surface area (Å²) < 4.78 is 0. The average molecular weight is 339 g/mol. The van der Waals surface area contributed by atoms with Crippen molar-refractivity contribution in [1.29, 1.82) is 0 Å². The summed E-state index contributed by atoms with van der Waals surface area (Å²) in [6, 6.07) is 17.5. The Morgan fingerprint density at radius 2 is 1.92 bits per heavy atom. The van der Waals surface area contributed by atoms with E-state index in [1.54, 1.807) is 18.3 Å². The number of pyridine rings is 1. The zero-order valence-electron chi connectivity index (χ0n) is 13.5. The molecular formula is C20H19ClN2O. The number of aromatic nitrogens is 1. The third kappa shape index (κ3) is 3.92. The largest absolute Gasteiger partial charge is 0.324 e. The lowest BCUT2D eigenvalue weighted by atomic mass is 9.98. The molecule has 3 nitrogen and oxygen atoms in total. The van der Waals surface area contributed by atoms with E-state index in [0.29, 0.717) is 22.6 Å². The fourth-order valence-corrected chi connectivity index (χ4v) is 3.06. The second-order valence-corrected chi connectivity index (χ2v) is 6.45. The van der Waals surface area contributed by atoms with Crippen molar-refractivity contribution in [3.63, 3.8) is 0 Å². The quantitative estimate of drug-likeness (QED) is 0.703. The molecule has 0 bridgehead atoms. The summed E-state index contributed by atoms with van der Waals surface area (Å²) in [7, 11) is 0. The molecule has 0 aliphatic heterocycles. The number of hydrogen-bond acceptors (Lipinski definition) is 2. The smallest absolute Gasteiger partial charge is 0.224 e. The standard InChI is InChI=1S/C20H19ClN2O/c1-14(12-15-6-3-2-4-7-15)13-19(24)23-18-10-9-17(21)16-8-5-11-22-20(16)18/h2-11,14H,12-13H2,1H3,(H,23,24)/t14-/m1/s1. The predicted octanol–water partition coefficient (Wildman–Crippen LogP) is 5.10. The van der Waals surface area contributed by atoms with Crippen molar-refractivity contribution in [3.05, 3.63) is 71.4 Å². The Bertz CT molecular complexity index is 849. The van der Waals surface area contributed by atoms with Crippen molar-refractivity contribution in [2.45, 2.75) is 19.8 Å². The summed E-state index contributed by atoms with van der Waals surface area (Å²) in [6.45, 7) is 2.09. The van der Waals surface area contributed by atoms with E-state index in [1.807, 2.05) is 30.3 Å². The topological polar surface area (TPSA) is 42.0 Å². The maximum Gasteiger partial charge on any atom is 0.224 e. The van der Waals surface area contributed by atoms with Gasteiger partial charge in [0.25, 0.3) is 0 Å². The first-order valence-corrected chi connectivity index (χ1v) is 8.38. The van der Waals surface area contributed by atoms with Crippen LogP contribution in [0.3, 0.4) is 0 Å². The monoisotopic (exact) mass is 338 g/mol. The molecule has 0 saturated carbocycles. The Balaban J connectivity index is 1.68. The van der Waals surface area contributed by atoms with Crippen molar-refractivity contribution in [3.8, 4) is 0 Å². The van der Waals surface area contributed by atoms with Gasteiger partial charge in [-0.25, -0.2) is 0 Å². The highest BCUT2D eigenvalue weighted by Gasteiger charge is 2.12. The van der Waals surface area contributed by atoms with Crippen LogP contribution >= 0.6 is 11.6 Å². The van der Waals surface area contributed by atoms with Gasteiger partial charge in [0.05, 0.1) is 16.2 Å². The minimum atomic E-state index is -0.00675. The number of carbonyl (C=O) groups excluding carboxylic acids is 1. The van der Waals surface area contributed by atoms with Gasteiger partial charge in [0.15, 0.2) is 0 Å². The molecule has 3 aromatic rings. The lowest BCUT2D eigenvalue weighted by molar-refractivity contribution is -0.116. The van der Waals surface area contributed by atoms with E-state index >= 15 is 0 Å². The molecule has 1 N–H and O–H groups in total. The van der Waals surface area contributed by atoms with Crippen molar-refractivity contribution in [2.24, 2.45) is 5.92 Å². The Kier molecular flexibility index (Phi) is 5.11. The fraction of sp³-hybridized carbons (Fsp3) is 0.200. The normalized spacial score (nSPS) is 12.1. The Hall–Kier alpha value is -2.39. The zero-order valence-corrected chi connectivity index (χ0v) is 14.3. The molecule has 0 aliphatic rings. The van der Waals surface area contributed by atoms with Crippen LogP contribution < -0.4 is 5.32 Å². The highest BCUT2D eigenvalue weighted by molar-refractivity contribution is 6.35. The van der Waals surface area contributed by atoms with E-state index in [4.69, 9.17) is 11.6 Å². The number of hydrogen-bond donors (Lipinski definition) is 1. The first-order valence-electron chi connectivity index (χ1n) is 8.00. The van der Waals surface area contributed by atoms with Gasteiger partial charge in [0.2, 0.25) is 5.91 Å². The van der Waals surface area contributed by atoms with Crippen LogP contribution in [0.2, 0.25) is 5.02 Å². The maximum atomic E-state index is 12.4. The van der Waals surface area contributed by atoms with Crippen LogP contribution in [-0.4, -0.2) is 10.9 Å². The van der Waals surface area contributed by atoms with Gasteiger partial charge in [0, 0.05) is 18.0 Å². The Morgan fingerprint density at radius 1 is 1.12 bits per heavy atom. The number of rotatable bonds is 5. The molecule has 1 amide bonds. The van der Waals surface area contributed by atoms with Crippen LogP contribution in [0.25, 0.3) is 10.9 Å². The van der Waals surface area contributed by atoms with Gasteiger partial charge in [-0.15, -0.1) is 0 Å². The molecule has 0 spiro atoms. The molecule has 3 rings (SSSR count). The zero-order chi connectivity index (χ0) is 16.9. The van der Waals surface area contributed by atoms with Crippen molar-refractivity contribution >= 4 is 34.1 Å². The summed E-state index contributed by atoms with van der Waals surface area (Å²) >= 11 is 6.19. The van der Waals surface area contributed by atoms with Gasteiger partial charge >= 0.3 is 0 Å². The van der Waals surface area contributed by atoms with Crippen LogP contribution in [0.15, 0.2) is 60.8 Å². The summed E-state index contributed by atoms with van der Waals surface area (Å²) in [5.41, 5.74) is 2.66. The molecule has 0 saturated heterocycles. The number of anilines is 1. The minimum Gasteiger partial charge on any atom is -0.324 e. The molecule has 0 fully saturated rings. The van der Waals surface area contributed by atoms with E-state index in [2.05, 4.69) is 29.4 Å². The second kappa shape index (κ2) is 7.45. The predicted molar refractivity (Wildman–Crippen MR) is 99.3 cm³/mol. The molecule has 1 heterocycles. The molecule has 4 heteroatoms. The van der Waals surface area contributed by atoms with Crippen molar-refractivity contribution in [2.75, 3.05) is 5.32 Å². The summed E-state index contributed by atoms with van der Waals surface area (Å²) in [5, 5.41) is 4.44. The molecular weight excluding hydrogens is 320 g/mol. The van der Waals surface area contributed by atoms with Crippen molar-refractivity contribution < 1.29 is 4.79 Å². The Morgan fingerprint density at radius 3 is 2.71 bits per heavy atom. The first-order chi connectivity index (χ1) is 11.6. The van der Waals surface area contributed by atoms with Gasteiger partial charge < -0.3 is 5.32 Å². The maximum absolute atomic E-state index is 12.4. The summed E-state index contributed by atoms with van der Waals surface area (Å²) in [4.78, 5) is 16.7. The number of carbonyl (C=O) groups is 1.